The minimum absolute atomic E-state index is 0.0717. The van der Waals surface area contributed by atoms with Crippen LogP contribution in [0.5, 0.6) is 0 Å². The summed E-state index contributed by atoms with van der Waals surface area (Å²) >= 11 is 1.46. The molecule has 0 radical (unpaired) electrons. The molecule has 2 amide bonds. The summed E-state index contributed by atoms with van der Waals surface area (Å²) in [5.74, 6) is -0.00567. The van der Waals surface area contributed by atoms with Crippen molar-refractivity contribution in [3.05, 3.63) is 22.4 Å². The number of carbonyl (C=O) groups is 2. The highest BCUT2D eigenvalue weighted by atomic mass is 32.1. The van der Waals surface area contributed by atoms with Gasteiger partial charge in [0, 0.05) is 26.2 Å². The van der Waals surface area contributed by atoms with E-state index >= 15 is 0 Å². The van der Waals surface area contributed by atoms with Gasteiger partial charge in [0.05, 0.1) is 17.0 Å². The van der Waals surface area contributed by atoms with Crippen molar-refractivity contribution < 1.29 is 9.59 Å². The number of hydrogen-bond acceptors (Lipinski definition) is 5. The number of hydrogen-bond donors (Lipinski definition) is 1. The molecule has 2 fully saturated rings. The number of nitriles is 1. The van der Waals surface area contributed by atoms with Crippen molar-refractivity contribution in [1.29, 1.82) is 5.26 Å². The zero-order chi connectivity index (χ0) is 18.6. The van der Waals surface area contributed by atoms with Gasteiger partial charge < -0.3 is 10.2 Å². The van der Waals surface area contributed by atoms with Gasteiger partial charge in [-0.25, -0.2) is 0 Å². The van der Waals surface area contributed by atoms with E-state index in [-0.39, 0.29) is 17.9 Å². The minimum atomic E-state index is -0.694. The number of thiophene rings is 1. The van der Waals surface area contributed by atoms with Gasteiger partial charge in [0.15, 0.2) is 0 Å². The molecule has 0 aromatic carbocycles. The normalized spacial score (nSPS) is 21.6. The van der Waals surface area contributed by atoms with Crippen molar-refractivity contribution in [3.63, 3.8) is 0 Å². The fraction of sp³-hybridized carbons (Fsp3) is 0.632. The van der Waals surface area contributed by atoms with E-state index in [1.54, 1.807) is 0 Å². The van der Waals surface area contributed by atoms with Crippen molar-refractivity contribution in [2.75, 3.05) is 26.2 Å². The third kappa shape index (κ3) is 4.08. The van der Waals surface area contributed by atoms with Gasteiger partial charge in [0.2, 0.25) is 5.91 Å². The molecule has 6 nitrogen and oxygen atoms in total. The van der Waals surface area contributed by atoms with Crippen LogP contribution in [0.2, 0.25) is 0 Å². The molecule has 26 heavy (non-hydrogen) atoms. The van der Waals surface area contributed by atoms with Gasteiger partial charge in [-0.15, -0.1) is 11.3 Å². The summed E-state index contributed by atoms with van der Waals surface area (Å²) < 4.78 is 0. The molecule has 1 saturated carbocycles. The molecule has 1 saturated heterocycles. The molecule has 7 heteroatoms. The average Bonchev–Trinajstić information content (AvgIpc) is 3.22. The molecule has 1 atom stereocenters. The highest BCUT2D eigenvalue weighted by molar-refractivity contribution is 7.12. The minimum Gasteiger partial charge on any atom is -0.336 e. The number of carbonyl (C=O) groups excluding carboxylic acids is 2. The van der Waals surface area contributed by atoms with Crippen molar-refractivity contribution in [3.8, 4) is 6.07 Å². The second-order valence-corrected chi connectivity index (χ2v) is 8.17. The molecular formula is C19H26N4O2S. The summed E-state index contributed by atoms with van der Waals surface area (Å²) in [6.45, 7) is 4.48. The maximum Gasteiger partial charge on any atom is 0.264 e. The van der Waals surface area contributed by atoms with Gasteiger partial charge in [-0.05, 0) is 31.2 Å². The summed E-state index contributed by atoms with van der Waals surface area (Å²) in [4.78, 5) is 29.8. The molecule has 0 spiro atoms. The topological polar surface area (TPSA) is 76.4 Å². The number of amides is 2. The Kier molecular flexibility index (Phi) is 5.94. The molecule has 1 N–H and O–H groups in total. The van der Waals surface area contributed by atoms with E-state index in [2.05, 4.69) is 16.3 Å². The number of nitrogens with zero attached hydrogens (tertiary/aromatic N) is 3. The summed E-state index contributed by atoms with van der Waals surface area (Å²) in [5, 5.41) is 14.5. The number of piperazine rings is 1. The highest BCUT2D eigenvalue weighted by Crippen LogP contribution is 2.27. The first kappa shape index (κ1) is 18.9. The van der Waals surface area contributed by atoms with Crippen LogP contribution in [0.25, 0.3) is 0 Å². The molecular weight excluding hydrogens is 348 g/mol. The zero-order valence-corrected chi connectivity index (χ0v) is 16.1. The van der Waals surface area contributed by atoms with Crippen molar-refractivity contribution >= 4 is 23.2 Å². The van der Waals surface area contributed by atoms with E-state index in [1.807, 2.05) is 29.3 Å². The van der Waals surface area contributed by atoms with Crippen molar-refractivity contribution in [2.24, 2.45) is 0 Å². The quantitative estimate of drug-likeness (QED) is 0.877. The maximum absolute atomic E-state index is 12.7. The van der Waals surface area contributed by atoms with Crippen LogP contribution in [0, 0.1) is 11.3 Å². The molecule has 3 rings (SSSR count). The van der Waals surface area contributed by atoms with Crippen LogP contribution in [-0.2, 0) is 4.79 Å². The summed E-state index contributed by atoms with van der Waals surface area (Å²) in [5.41, 5.74) is -0.694. The molecule has 0 bridgehead atoms. The molecule has 2 heterocycles. The molecule has 1 unspecified atom stereocenters. The van der Waals surface area contributed by atoms with E-state index < -0.39 is 5.54 Å². The Morgan fingerprint density at radius 1 is 1.23 bits per heavy atom. The van der Waals surface area contributed by atoms with Gasteiger partial charge in [0.25, 0.3) is 5.91 Å². The van der Waals surface area contributed by atoms with E-state index in [0.717, 1.165) is 37.0 Å². The van der Waals surface area contributed by atoms with Crippen LogP contribution >= 0.6 is 11.3 Å². The number of nitrogens with one attached hydrogen (secondary N) is 1. The first-order valence-corrected chi connectivity index (χ1v) is 10.2. The largest absolute Gasteiger partial charge is 0.336 e. The van der Waals surface area contributed by atoms with E-state index in [0.29, 0.717) is 26.2 Å². The Morgan fingerprint density at radius 3 is 2.50 bits per heavy atom. The second kappa shape index (κ2) is 8.19. The SMILES string of the molecule is CC(C(=O)NC1(C#N)CCCCC1)N1CCN(C(=O)c2cccs2)CC1. The Bertz CT molecular complexity index is 668. The van der Waals surface area contributed by atoms with Gasteiger partial charge in [-0.2, -0.15) is 5.26 Å². The van der Waals surface area contributed by atoms with Gasteiger partial charge >= 0.3 is 0 Å². The maximum atomic E-state index is 12.7. The third-order valence-electron chi connectivity index (χ3n) is 5.54. The van der Waals surface area contributed by atoms with E-state index in [4.69, 9.17) is 0 Å². The monoisotopic (exact) mass is 374 g/mol. The van der Waals surface area contributed by atoms with Gasteiger partial charge in [0.1, 0.15) is 5.54 Å². The first-order chi connectivity index (χ1) is 12.5. The summed E-state index contributed by atoms with van der Waals surface area (Å²) in [6.07, 6.45) is 4.60. The van der Waals surface area contributed by atoms with Crippen molar-refractivity contribution in [1.82, 2.24) is 15.1 Å². The number of rotatable bonds is 4. The standard InChI is InChI=1S/C19H26N4O2S/c1-15(17(24)21-19(14-20)7-3-2-4-8-19)22-9-11-23(12-10-22)18(25)16-6-5-13-26-16/h5-6,13,15H,2-4,7-12H2,1H3,(H,21,24). The van der Waals surface area contributed by atoms with Crippen molar-refractivity contribution in [2.45, 2.75) is 50.6 Å². The summed E-state index contributed by atoms with van der Waals surface area (Å²) in [6, 6.07) is 5.78. The van der Waals surface area contributed by atoms with Crippen LogP contribution in [0.3, 0.4) is 0 Å². The Morgan fingerprint density at radius 2 is 1.92 bits per heavy atom. The fourth-order valence-electron chi connectivity index (χ4n) is 3.79. The Hall–Kier alpha value is -1.91. The highest BCUT2D eigenvalue weighted by Gasteiger charge is 2.36. The lowest BCUT2D eigenvalue weighted by Crippen LogP contribution is -2.58. The van der Waals surface area contributed by atoms with Crippen LogP contribution < -0.4 is 5.32 Å². The summed E-state index contributed by atoms with van der Waals surface area (Å²) in [7, 11) is 0. The smallest absolute Gasteiger partial charge is 0.264 e. The van der Waals surface area contributed by atoms with E-state index in [1.165, 1.54) is 11.3 Å². The molecule has 2 aliphatic rings. The predicted molar refractivity (Wildman–Crippen MR) is 101 cm³/mol. The van der Waals surface area contributed by atoms with E-state index in [9.17, 15) is 14.9 Å². The zero-order valence-electron chi connectivity index (χ0n) is 15.2. The van der Waals surface area contributed by atoms with Crippen LogP contribution in [0.1, 0.15) is 48.7 Å². The molecule has 1 aliphatic carbocycles. The lowest BCUT2D eigenvalue weighted by atomic mass is 9.82. The van der Waals surface area contributed by atoms with Gasteiger partial charge in [-0.1, -0.05) is 25.3 Å². The predicted octanol–water partition coefficient (Wildman–Crippen LogP) is 2.24. The molecule has 1 aliphatic heterocycles. The average molecular weight is 375 g/mol. The Balaban J connectivity index is 1.53. The first-order valence-electron chi connectivity index (χ1n) is 9.35. The second-order valence-electron chi connectivity index (χ2n) is 7.23. The van der Waals surface area contributed by atoms with Gasteiger partial charge in [-0.3, -0.25) is 14.5 Å². The third-order valence-corrected chi connectivity index (χ3v) is 6.40. The molecule has 140 valence electrons. The lowest BCUT2D eigenvalue weighted by molar-refractivity contribution is -0.128. The van der Waals surface area contributed by atoms with Crippen LogP contribution in [-0.4, -0.2) is 59.4 Å². The van der Waals surface area contributed by atoms with Crippen LogP contribution in [0.15, 0.2) is 17.5 Å². The molecule has 1 aromatic rings. The molecule has 1 aromatic heterocycles. The Labute approximate surface area is 158 Å². The lowest BCUT2D eigenvalue weighted by Gasteiger charge is -2.39. The fourth-order valence-corrected chi connectivity index (χ4v) is 4.49. The van der Waals surface area contributed by atoms with Crippen LogP contribution in [0.4, 0.5) is 0 Å².